The number of benzene rings is 1. The van der Waals surface area contributed by atoms with Crippen molar-refractivity contribution in [3.8, 4) is 0 Å². The van der Waals surface area contributed by atoms with E-state index in [-0.39, 0.29) is 0 Å². The zero-order chi connectivity index (χ0) is 19.7. The van der Waals surface area contributed by atoms with Crippen LogP contribution in [-0.2, 0) is 20.7 Å². The Hall–Kier alpha value is -2.30. The third-order valence-corrected chi connectivity index (χ3v) is 4.34. The number of nitrogens with one attached hydrogen (secondary N) is 1. The number of unbranched alkanes of at least 4 members (excludes halogenated alkanes) is 7. The first-order chi connectivity index (χ1) is 13.2. The van der Waals surface area contributed by atoms with E-state index < -0.39 is 18.1 Å². The van der Waals surface area contributed by atoms with Gasteiger partial charge in [-0.05, 0) is 24.8 Å². The first-order valence-corrected chi connectivity index (χ1v) is 9.83. The number of carbonyl (C=O) groups is 2. The second-order valence-corrected chi connectivity index (χ2v) is 6.60. The van der Waals surface area contributed by atoms with Gasteiger partial charge in [-0.25, -0.2) is 9.59 Å². The topological polar surface area (TPSA) is 64.6 Å². The lowest BCUT2D eigenvalue weighted by molar-refractivity contribution is -0.146. The maximum atomic E-state index is 12.3. The van der Waals surface area contributed by atoms with Crippen LogP contribution in [0.3, 0.4) is 0 Å². The molecule has 0 saturated heterocycles. The highest BCUT2D eigenvalue weighted by Gasteiger charge is 2.23. The number of alkyl carbamates (subject to hydrolysis) is 1. The Kier molecular flexibility index (Phi) is 12.5. The van der Waals surface area contributed by atoms with Crippen LogP contribution in [0.1, 0.15) is 56.9 Å². The molecule has 1 N–H and O–H groups in total. The molecule has 27 heavy (non-hydrogen) atoms. The summed E-state index contributed by atoms with van der Waals surface area (Å²) in [6.45, 7) is 4.11. The molecule has 1 unspecified atom stereocenters. The van der Waals surface area contributed by atoms with Crippen LogP contribution in [0.2, 0.25) is 0 Å². The fraction of sp³-hybridized carbons (Fsp3) is 0.545. The lowest BCUT2D eigenvalue weighted by Crippen LogP contribution is -2.43. The number of hydrogen-bond donors (Lipinski definition) is 1. The van der Waals surface area contributed by atoms with Gasteiger partial charge >= 0.3 is 12.1 Å². The van der Waals surface area contributed by atoms with Crippen LogP contribution >= 0.6 is 0 Å². The van der Waals surface area contributed by atoms with Gasteiger partial charge in [-0.3, -0.25) is 0 Å². The molecular weight excluding hydrogens is 342 g/mol. The number of rotatable bonds is 14. The van der Waals surface area contributed by atoms with Crippen LogP contribution in [0.15, 0.2) is 43.0 Å². The van der Waals surface area contributed by atoms with Crippen molar-refractivity contribution in [1.82, 2.24) is 5.32 Å². The predicted molar refractivity (Wildman–Crippen MR) is 108 cm³/mol. The van der Waals surface area contributed by atoms with Gasteiger partial charge in [-0.15, -0.1) is 6.58 Å². The molecule has 1 rings (SSSR count). The number of carbonyl (C=O) groups excluding carboxylic acids is 2. The summed E-state index contributed by atoms with van der Waals surface area (Å²) >= 11 is 0. The standard InChI is InChI=1S/C22H33NO4/c1-3-4-5-6-7-8-9-10-14-17-27-21(24)20(23-22(25)26-2)18-19-15-12-11-13-16-19/h3,11-13,15-16,20H,1,4-10,14,17-18H2,2H3,(H,23,25). The molecule has 5 heteroatoms. The summed E-state index contributed by atoms with van der Waals surface area (Å²) < 4.78 is 9.97. The van der Waals surface area contributed by atoms with Gasteiger partial charge in [0.25, 0.3) is 0 Å². The van der Waals surface area contributed by atoms with Gasteiger partial charge in [0.05, 0.1) is 13.7 Å². The first-order valence-electron chi connectivity index (χ1n) is 9.83. The van der Waals surface area contributed by atoms with Crippen molar-refractivity contribution in [1.29, 1.82) is 0 Å². The first kappa shape index (κ1) is 22.7. The van der Waals surface area contributed by atoms with E-state index in [9.17, 15) is 9.59 Å². The molecule has 0 aliphatic carbocycles. The lowest BCUT2D eigenvalue weighted by atomic mass is 10.1. The van der Waals surface area contributed by atoms with Gasteiger partial charge in [-0.1, -0.05) is 68.5 Å². The molecule has 0 fully saturated rings. The van der Waals surface area contributed by atoms with Gasteiger partial charge in [0.1, 0.15) is 6.04 Å². The van der Waals surface area contributed by atoms with Crippen molar-refractivity contribution in [3.63, 3.8) is 0 Å². The normalized spacial score (nSPS) is 11.4. The minimum absolute atomic E-state index is 0.374. The quantitative estimate of drug-likeness (QED) is 0.288. The minimum Gasteiger partial charge on any atom is -0.464 e. The van der Waals surface area contributed by atoms with Crippen LogP contribution in [0.5, 0.6) is 0 Å². The third-order valence-electron chi connectivity index (χ3n) is 4.34. The average molecular weight is 376 g/mol. The van der Waals surface area contributed by atoms with Crippen molar-refractivity contribution >= 4 is 12.1 Å². The SMILES string of the molecule is C=CCCCCCCCCCOC(=O)C(Cc1ccccc1)NC(=O)OC. The van der Waals surface area contributed by atoms with Crippen LogP contribution < -0.4 is 5.32 Å². The molecule has 0 bridgehead atoms. The van der Waals surface area contributed by atoms with E-state index in [1.165, 1.54) is 32.8 Å². The fourth-order valence-electron chi connectivity index (χ4n) is 2.79. The number of allylic oxidation sites excluding steroid dienone is 1. The predicted octanol–water partition coefficient (Wildman–Crippen LogP) is 4.80. The van der Waals surface area contributed by atoms with E-state index in [1.807, 2.05) is 36.4 Å². The summed E-state index contributed by atoms with van der Waals surface area (Å²) in [4.78, 5) is 23.8. The van der Waals surface area contributed by atoms with Crippen LogP contribution in [0.25, 0.3) is 0 Å². The highest BCUT2D eigenvalue weighted by atomic mass is 16.5. The second kappa shape index (κ2) is 14.8. The molecule has 1 aromatic carbocycles. The van der Waals surface area contributed by atoms with Gasteiger partial charge < -0.3 is 14.8 Å². The summed E-state index contributed by atoms with van der Waals surface area (Å²) in [5.41, 5.74) is 0.951. The largest absolute Gasteiger partial charge is 0.464 e. The molecule has 0 aromatic heterocycles. The molecular formula is C22H33NO4. The smallest absolute Gasteiger partial charge is 0.407 e. The molecule has 0 aliphatic rings. The molecule has 1 aromatic rings. The van der Waals surface area contributed by atoms with Gasteiger partial charge in [-0.2, -0.15) is 0 Å². The van der Waals surface area contributed by atoms with Crippen molar-refractivity contribution < 1.29 is 19.1 Å². The van der Waals surface area contributed by atoms with E-state index >= 15 is 0 Å². The number of methoxy groups -OCH3 is 1. The Morgan fingerprint density at radius 1 is 1.04 bits per heavy atom. The fourth-order valence-corrected chi connectivity index (χ4v) is 2.79. The molecule has 0 spiro atoms. The maximum Gasteiger partial charge on any atom is 0.407 e. The molecule has 0 aliphatic heterocycles. The number of esters is 1. The third kappa shape index (κ3) is 11.1. The zero-order valence-corrected chi connectivity index (χ0v) is 16.5. The Balaban J connectivity index is 2.26. The Labute approximate surface area is 163 Å². The number of ether oxygens (including phenoxy) is 2. The van der Waals surface area contributed by atoms with Crippen LogP contribution in [0, 0.1) is 0 Å². The van der Waals surface area contributed by atoms with Crippen molar-refractivity contribution in [2.45, 2.75) is 63.8 Å². The molecule has 150 valence electrons. The maximum absolute atomic E-state index is 12.3. The highest BCUT2D eigenvalue weighted by Crippen LogP contribution is 2.10. The van der Waals surface area contributed by atoms with Gasteiger partial charge in [0, 0.05) is 6.42 Å². The number of amides is 1. The van der Waals surface area contributed by atoms with Crippen molar-refractivity contribution in [3.05, 3.63) is 48.6 Å². The molecule has 0 radical (unpaired) electrons. The summed E-state index contributed by atoms with van der Waals surface area (Å²) in [6.07, 6.45) is 10.8. The summed E-state index contributed by atoms with van der Waals surface area (Å²) in [6, 6.07) is 8.78. The van der Waals surface area contributed by atoms with E-state index in [2.05, 4.69) is 16.6 Å². The van der Waals surface area contributed by atoms with Crippen LogP contribution in [-0.4, -0.2) is 31.8 Å². The van der Waals surface area contributed by atoms with E-state index in [0.717, 1.165) is 31.2 Å². The Morgan fingerprint density at radius 2 is 1.67 bits per heavy atom. The zero-order valence-electron chi connectivity index (χ0n) is 16.5. The summed E-state index contributed by atoms with van der Waals surface area (Å²) in [5.74, 6) is -0.423. The van der Waals surface area contributed by atoms with Gasteiger partial charge in [0.15, 0.2) is 0 Å². The summed E-state index contributed by atoms with van der Waals surface area (Å²) in [7, 11) is 1.28. The highest BCUT2D eigenvalue weighted by molar-refractivity contribution is 5.81. The molecule has 5 nitrogen and oxygen atoms in total. The van der Waals surface area contributed by atoms with Crippen LogP contribution in [0.4, 0.5) is 4.79 Å². The average Bonchev–Trinajstić information content (AvgIpc) is 2.69. The number of hydrogen-bond acceptors (Lipinski definition) is 4. The Bertz CT molecular complexity index is 545. The van der Waals surface area contributed by atoms with E-state index in [0.29, 0.717) is 13.0 Å². The molecule has 0 heterocycles. The molecule has 0 saturated carbocycles. The van der Waals surface area contributed by atoms with Gasteiger partial charge in [0.2, 0.25) is 0 Å². The van der Waals surface area contributed by atoms with E-state index in [1.54, 1.807) is 0 Å². The van der Waals surface area contributed by atoms with Crippen molar-refractivity contribution in [2.24, 2.45) is 0 Å². The second-order valence-electron chi connectivity index (χ2n) is 6.60. The van der Waals surface area contributed by atoms with E-state index in [4.69, 9.17) is 4.74 Å². The molecule has 1 atom stereocenters. The lowest BCUT2D eigenvalue weighted by Gasteiger charge is -2.17. The Morgan fingerprint density at radius 3 is 2.30 bits per heavy atom. The monoisotopic (exact) mass is 375 g/mol. The minimum atomic E-state index is -0.746. The molecule has 1 amide bonds. The summed E-state index contributed by atoms with van der Waals surface area (Å²) in [5, 5.41) is 2.56. The van der Waals surface area contributed by atoms with Crippen molar-refractivity contribution in [2.75, 3.05) is 13.7 Å².